The van der Waals surface area contributed by atoms with Crippen molar-refractivity contribution in [1.29, 1.82) is 0 Å². The van der Waals surface area contributed by atoms with Gasteiger partial charge in [-0.2, -0.15) is 0 Å². The van der Waals surface area contributed by atoms with E-state index in [1.807, 2.05) is 0 Å². The molecule has 1 aliphatic rings. The van der Waals surface area contributed by atoms with Crippen molar-refractivity contribution in [1.82, 2.24) is 10.2 Å². The van der Waals surface area contributed by atoms with Gasteiger partial charge >= 0.3 is 0 Å². The van der Waals surface area contributed by atoms with Crippen LogP contribution in [0.2, 0.25) is 0 Å². The van der Waals surface area contributed by atoms with Crippen molar-refractivity contribution in [3.05, 3.63) is 0 Å². The number of nitrogens with one attached hydrogen (secondary N) is 1. The lowest BCUT2D eigenvalue weighted by molar-refractivity contribution is -0.128. The normalized spacial score (nSPS) is 24.0. The Morgan fingerprint density at radius 1 is 1.82 bits per heavy atom. The van der Waals surface area contributed by atoms with Crippen molar-refractivity contribution in [2.24, 2.45) is 0 Å². The number of likely N-dealkylation sites (N-methyl/N-ethyl adjacent to an activating group) is 1. The number of hydrogen-bond donors (Lipinski definition) is 1. The molecule has 4 nitrogen and oxygen atoms in total. The second-order valence-corrected chi connectivity index (χ2v) is 3.50. The van der Waals surface area contributed by atoms with Gasteiger partial charge in [-0.15, -0.1) is 0 Å². The summed E-state index contributed by atoms with van der Waals surface area (Å²) in [6.07, 6.45) is 0.726. The fraction of sp³-hybridized carbons (Fsp3) is 0.667. The van der Waals surface area contributed by atoms with Crippen LogP contribution < -0.4 is 5.32 Å². The van der Waals surface area contributed by atoms with Crippen molar-refractivity contribution in [2.75, 3.05) is 13.6 Å². The van der Waals surface area contributed by atoms with Crippen LogP contribution in [0.4, 0.5) is 4.79 Å². The first-order chi connectivity index (χ1) is 5.11. The topological polar surface area (TPSA) is 49.4 Å². The molecule has 1 heterocycles. The van der Waals surface area contributed by atoms with Crippen LogP contribution in [0.25, 0.3) is 0 Å². The highest BCUT2D eigenvalue weighted by atomic mass is 127. The standard InChI is InChI=1S/C6H9IN2O2/c1-9-3-2-4(5(9)10)8-6(7)11/h4H,2-3H2,1H3,(H,8,11). The highest BCUT2D eigenvalue weighted by molar-refractivity contribution is 14.1. The maximum absolute atomic E-state index is 11.1. The van der Waals surface area contributed by atoms with Crippen molar-refractivity contribution in [3.63, 3.8) is 0 Å². The molecule has 0 aliphatic carbocycles. The molecule has 11 heavy (non-hydrogen) atoms. The second-order valence-electron chi connectivity index (χ2n) is 2.52. The molecule has 0 aromatic rings. The van der Waals surface area contributed by atoms with Gasteiger partial charge in [-0.05, 0) is 6.42 Å². The summed E-state index contributed by atoms with van der Waals surface area (Å²) >= 11 is 1.63. The third kappa shape index (κ3) is 2.05. The van der Waals surface area contributed by atoms with Crippen LogP contribution in [-0.2, 0) is 4.79 Å². The minimum atomic E-state index is -0.288. The fourth-order valence-electron chi connectivity index (χ4n) is 1.09. The Labute approximate surface area is 78.5 Å². The van der Waals surface area contributed by atoms with Gasteiger partial charge in [0.25, 0.3) is 3.91 Å². The van der Waals surface area contributed by atoms with Crippen molar-refractivity contribution in [2.45, 2.75) is 12.5 Å². The highest BCUT2D eigenvalue weighted by Crippen LogP contribution is 2.08. The minimum absolute atomic E-state index is 0.00927. The van der Waals surface area contributed by atoms with Crippen LogP contribution in [-0.4, -0.2) is 34.4 Å². The molecule has 1 saturated heterocycles. The molecule has 1 atom stereocenters. The molecule has 0 saturated carbocycles. The zero-order chi connectivity index (χ0) is 8.43. The van der Waals surface area contributed by atoms with Crippen molar-refractivity contribution < 1.29 is 9.59 Å². The molecule has 0 spiro atoms. The number of carbonyl (C=O) groups excluding carboxylic acids is 2. The van der Waals surface area contributed by atoms with Crippen LogP contribution >= 0.6 is 22.6 Å². The Kier molecular flexibility index (Phi) is 2.69. The van der Waals surface area contributed by atoms with Crippen LogP contribution in [0.15, 0.2) is 0 Å². The predicted molar refractivity (Wildman–Crippen MR) is 48.6 cm³/mol. The first-order valence-corrected chi connectivity index (χ1v) is 4.40. The molecule has 0 aromatic carbocycles. The maximum Gasteiger partial charge on any atom is 0.281 e. The average molecular weight is 268 g/mol. The summed E-state index contributed by atoms with van der Waals surface area (Å²) in [4.78, 5) is 23.3. The van der Waals surface area contributed by atoms with E-state index in [0.29, 0.717) is 0 Å². The molecular weight excluding hydrogens is 259 g/mol. The smallest absolute Gasteiger partial charge is 0.281 e. The van der Waals surface area contributed by atoms with Crippen molar-refractivity contribution in [3.8, 4) is 0 Å². The fourth-order valence-corrected chi connectivity index (χ4v) is 1.47. The Morgan fingerprint density at radius 2 is 2.45 bits per heavy atom. The molecule has 1 rings (SSSR count). The largest absolute Gasteiger partial charge is 0.344 e. The van der Waals surface area contributed by atoms with Gasteiger partial charge in [-0.3, -0.25) is 9.59 Å². The summed E-state index contributed by atoms with van der Waals surface area (Å²) in [6.45, 7) is 0.737. The number of nitrogens with zero attached hydrogens (tertiary/aromatic N) is 1. The first kappa shape index (κ1) is 8.76. The molecule has 62 valence electrons. The van der Waals surface area contributed by atoms with Gasteiger partial charge in [0.05, 0.1) is 0 Å². The SMILES string of the molecule is CN1CCC(NC(=O)I)C1=O. The Balaban J connectivity index is 2.49. The molecule has 1 aliphatic heterocycles. The maximum atomic E-state index is 11.1. The van der Waals surface area contributed by atoms with Crippen molar-refractivity contribution >= 4 is 32.4 Å². The first-order valence-electron chi connectivity index (χ1n) is 3.32. The molecule has 1 unspecified atom stereocenters. The minimum Gasteiger partial charge on any atom is -0.344 e. The van der Waals surface area contributed by atoms with Gasteiger partial charge in [0.15, 0.2) is 0 Å². The summed E-state index contributed by atoms with van der Waals surface area (Å²) in [7, 11) is 1.74. The van der Waals surface area contributed by atoms with Gasteiger partial charge in [-0.25, -0.2) is 0 Å². The van der Waals surface area contributed by atoms with Gasteiger partial charge in [0.1, 0.15) is 6.04 Å². The van der Waals surface area contributed by atoms with Crippen LogP contribution in [0.3, 0.4) is 0 Å². The Hall–Kier alpha value is -0.330. The molecule has 0 aromatic heterocycles. The van der Waals surface area contributed by atoms with Gasteiger partial charge in [0, 0.05) is 36.2 Å². The van der Waals surface area contributed by atoms with E-state index >= 15 is 0 Å². The number of carbonyl (C=O) groups is 2. The van der Waals surface area contributed by atoms with E-state index in [2.05, 4.69) is 5.32 Å². The molecule has 0 radical (unpaired) electrons. The monoisotopic (exact) mass is 268 g/mol. The number of halogens is 1. The number of hydrogen-bond acceptors (Lipinski definition) is 2. The number of amides is 2. The average Bonchev–Trinajstić information content (AvgIpc) is 2.18. The van der Waals surface area contributed by atoms with E-state index in [1.165, 1.54) is 0 Å². The molecular formula is C6H9IN2O2. The number of rotatable bonds is 1. The summed E-state index contributed by atoms with van der Waals surface area (Å²) in [5.74, 6) is 0.00927. The Morgan fingerprint density at radius 3 is 2.82 bits per heavy atom. The summed E-state index contributed by atoms with van der Waals surface area (Å²) < 4.78 is -0.170. The summed E-state index contributed by atoms with van der Waals surface area (Å²) in [6, 6.07) is -0.288. The van der Waals surface area contributed by atoms with E-state index in [-0.39, 0.29) is 15.9 Å². The van der Waals surface area contributed by atoms with E-state index < -0.39 is 0 Å². The molecule has 1 N–H and O–H groups in total. The lowest BCUT2D eigenvalue weighted by Crippen LogP contribution is -2.37. The summed E-state index contributed by atoms with van der Waals surface area (Å²) in [5, 5.41) is 2.58. The zero-order valence-corrected chi connectivity index (χ0v) is 8.29. The van der Waals surface area contributed by atoms with Gasteiger partial charge in [0.2, 0.25) is 5.91 Å². The Bertz CT molecular complexity index is 195. The van der Waals surface area contributed by atoms with E-state index in [1.54, 1.807) is 34.5 Å². The van der Waals surface area contributed by atoms with Gasteiger partial charge in [-0.1, -0.05) is 0 Å². The lowest BCUT2D eigenvalue weighted by atomic mass is 10.3. The third-order valence-corrected chi connectivity index (χ3v) is 2.03. The molecule has 5 heteroatoms. The zero-order valence-electron chi connectivity index (χ0n) is 6.13. The molecule has 2 amide bonds. The van der Waals surface area contributed by atoms with E-state index in [4.69, 9.17) is 0 Å². The lowest BCUT2D eigenvalue weighted by Gasteiger charge is -2.09. The second kappa shape index (κ2) is 3.38. The van der Waals surface area contributed by atoms with Gasteiger partial charge < -0.3 is 10.2 Å². The molecule has 0 bridgehead atoms. The van der Waals surface area contributed by atoms with E-state index in [9.17, 15) is 9.59 Å². The predicted octanol–water partition coefficient (Wildman–Crippen LogP) is 0.362. The quantitative estimate of drug-likeness (QED) is 0.424. The van der Waals surface area contributed by atoms with Crippen LogP contribution in [0, 0.1) is 0 Å². The highest BCUT2D eigenvalue weighted by Gasteiger charge is 2.29. The van der Waals surface area contributed by atoms with E-state index in [0.717, 1.165) is 13.0 Å². The summed E-state index contributed by atoms with van der Waals surface area (Å²) in [5.41, 5.74) is 0. The third-order valence-electron chi connectivity index (χ3n) is 1.72. The molecule has 1 fully saturated rings. The number of likely N-dealkylation sites (tertiary alicyclic amines) is 1. The van der Waals surface area contributed by atoms with Crippen LogP contribution in [0.1, 0.15) is 6.42 Å². The van der Waals surface area contributed by atoms with Crippen LogP contribution in [0.5, 0.6) is 0 Å².